The van der Waals surface area contributed by atoms with Gasteiger partial charge in [0.2, 0.25) is 0 Å². The normalized spacial score (nSPS) is 10.5. The van der Waals surface area contributed by atoms with Gasteiger partial charge < -0.3 is 15.0 Å². The minimum Gasteiger partial charge on any atom is -0.490 e. The van der Waals surface area contributed by atoms with E-state index in [9.17, 15) is 14.9 Å². The molecule has 2 aromatic carbocycles. The molecule has 28 heavy (non-hydrogen) atoms. The van der Waals surface area contributed by atoms with Crippen LogP contribution in [0.2, 0.25) is 0 Å². The molecule has 142 valence electrons. The average Bonchev–Trinajstić information content (AvgIpc) is 2.71. The van der Waals surface area contributed by atoms with Gasteiger partial charge in [-0.05, 0) is 48.0 Å². The number of anilines is 1. The molecule has 0 unspecified atom stereocenters. The van der Waals surface area contributed by atoms with Gasteiger partial charge in [-0.3, -0.25) is 9.59 Å². The first-order valence-corrected chi connectivity index (χ1v) is 8.53. The third-order valence-electron chi connectivity index (χ3n) is 3.72. The standard InChI is InChI=1S/C22H21N3O3/c1-4-13-28-20-11-5-16(6-12-20)14-18(15-23)21(26)24-19-9-7-17(8-10-19)22(27)25(2)3/h4-12,14H,1,13H2,2-3H3,(H,24,26)/b18-14+. The minimum atomic E-state index is -0.527. The summed E-state index contributed by atoms with van der Waals surface area (Å²) in [6.07, 6.45) is 3.14. The molecule has 2 rings (SSSR count). The van der Waals surface area contributed by atoms with E-state index in [0.29, 0.717) is 29.2 Å². The first-order chi connectivity index (χ1) is 13.4. The summed E-state index contributed by atoms with van der Waals surface area (Å²) in [4.78, 5) is 25.7. The zero-order valence-electron chi connectivity index (χ0n) is 15.8. The van der Waals surface area contributed by atoms with Gasteiger partial charge in [0.15, 0.2) is 0 Å². The molecule has 0 bridgehead atoms. The Hall–Kier alpha value is -3.85. The summed E-state index contributed by atoms with van der Waals surface area (Å²) in [7, 11) is 3.33. The molecule has 0 aliphatic carbocycles. The molecule has 0 aliphatic heterocycles. The molecule has 6 nitrogen and oxygen atoms in total. The molecule has 0 saturated carbocycles. The van der Waals surface area contributed by atoms with Crippen molar-refractivity contribution in [2.45, 2.75) is 0 Å². The van der Waals surface area contributed by atoms with E-state index in [2.05, 4.69) is 11.9 Å². The van der Waals surface area contributed by atoms with Crippen LogP contribution in [0, 0.1) is 11.3 Å². The Labute approximate surface area is 164 Å². The number of nitriles is 1. The fourth-order valence-corrected chi connectivity index (χ4v) is 2.28. The Bertz CT molecular complexity index is 921. The van der Waals surface area contributed by atoms with E-state index in [4.69, 9.17) is 4.74 Å². The summed E-state index contributed by atoms with van der Waals surface area (Å²) < 4.78 is 5.40. The lowest BCUT2D eigenvalue weighted by Crippen LogP contribution is -2.21. The second-order valence-corrected chi connectivity index (χ2v) is 6.07. The number of nitrogens with zero attached hydrogens (tertiary/aromatic N) is 2. The van der Waals surface area contributed by atoms with Crippen molar-refractivity contribution < 1.29 is 14.3 Å². The summed E-state index contributed by atoms with van der Waals surface area (Å²) in [6.45, 7) is 3.99. The van der Waals surface area contributed by atoms with Crippen molar-refractivity contribution in [3.8, 4) is 11.8 Å². The van der Waals surface area contributed by atoms with E-state index in [0.717, 1.165) is 0 Å². The van der Waals surface area contributed by atoms with E-state index in [1.807, 2.05) is 6.07 Å². The average molecular weight is 375 g/mol. The Balaban J connectivity index is 2.08. The van der Waals surface area contributed by atoms with Gasteiger partial charge in [-0.2, -0.15) is 5.26 Å². The van der Waals surface area contributed by atoms with Gasteiger partial charge in [0.1, 0.15) is 24.0 Å². The fraction of sp³-hybridized carbons (Fsp3) is 0.136. The second kappa shape index (κ2) is 9.74. The maximum atomic E-state index is 12.4. The van der Waals surface area contributed by atoms with Crippen molar-refractivity contribution in [2.24, 2.45) is 0 Å². The third-order valence-corrected chi connectivity index (χ3v) is 3.72. The van der Waals surface area contributed by atoms with Crippen LogP contribution in [0.15, 0.2) is 66.8 Å². The number of hydrogen-bond donors (Lipinski definition) is 1. The van der Waals surface area contributed by atoms with Crippen molar-refractivity contribution in [1.82, 2.24) is 4.90 Å². The molecule has 2 aromatic rings. The number of benzene rings is 2. The first kappa shape index (κ1) is 20.5. The largest absolute Gasteiger partial charge is 0.490 e. The van der Waals surface area contributed by atoms with Crippen LogP contribution in [0.5, 0.6) is 5.75 Å². The lowest BCUT2D eigenvalue weighted by molar-refractivity contribution is -0.112. The lowest BCUT2D eigenvalue weighted by Gasteiger charge is -2.11. The van der Waals surface area contributed by atoms with Crippen molar-refractivity contribution >= 4 is 23.6 Å². The van der Waals surface area contributed by atoms with E-state index in [1.54, 1.807) is 68.7 Å². The molecule has 0 aliphatic rings. The first-order valence-electron chi connectivity index (χ1n) is 8.53. The molecule has 0 aromatic heterocycles. The Morgan fingerprint density at radius 1 is 1.14 bits per heavy atom. The summed E-state index contributed by atoms with van der Waals surface area (Å²) in [6, 6.07) is 15.4. The van der Waals surface area contributed by atoms with Crippen LogP contribution in [0.1, 0.15) is 15.9 Å². The van der Waals surface area contributed by atoms with Crippen molar-refractivity contribution in [3.63, 3.8) is 0 Å². The van der Waals surface area contributed by atoms with Gasteiger partial charge in [-0.1, -0.05) is 24.8 Å². The molecule has 0 radical (unpaired) electrons. The van der Waals surface area contributed by atoms with Crippen LogP contribution in [0.25, 0.3) is 6.08 Å². The van der Waals surface area contributed by atoms with Crippen LogP contribution < -0.4 is 10.1 Å². The Morgan fingerprint density at radius 3 is 2.32 bits per heavy atom. The molecule has 2 amide bonds. The van der Waals surface area contributed by atoms with E-state index >= 15 is 0 Å². The summed E-state index contributed by atoms with van der Waals surface area (Å²) >= 11 is 0. The van der Waals surface area contributed by atoms with E-state index < -0.39 is 5.91 Å². The van der Waals surface area contributed by atoms with Crippen molar-refractivity contribution in [1.29, 1.82) is 5.26 Å². The molecule has 0 saturated heterocycles. The lowest BCUT2D eigenvalue weighted by atomic mass is 10.1. The van der Waals surface area contributed by atoms with Gasteiger partial charge in [0, 0.05) is 25.3 Å². The molecule has 0 spiro atoms. The number of amides is 2. The van der Waals surface area contributed by atoms with E-state index in [1.165, 1.54) is 11.0 Å². The second-order valence-electron chi connectivity index (χ2n) is 6.07. The monoisotopic (exact) mass is 375 g/mol. The maximum absolute atomic E-state index is 12.4. The van der Waals surface area contributed by atoms with E-state index in [-0.39, 0.29) is 11.5 Å². The van der Waals surface area contributed by atoms with Gasteiger partial charge in [0.05, 0.1) is 0 Å². The van der Waals surface area contributed by atoms with Gasteiger partial charge in [-0.25, -0.2) is 0 Å². The molecule has 1 N–H and O–H groups in total. The summed E-state index contributed by atoms with van der Waals surface area (Å²) in [5, 5.41) is 12.0. The van der Waals surface area contributed by atoms with Crippen LogP contribution in [0.4, 0.5) is 5.69 Å². The topological polar surface area (TPSA) is 82.4 Å². The molecule has 0 atom stereocenters. The van der Waals surface area contributed by atoms with Crippen LogP contribution >= 0.6 is 0 Å². The highest BCUT2D eigenvalue weighted by Crippen LogP contribution is 2.16. The predicted octanol–water partition coefficient (Wildman–Crippen LogP) is 3.50. The van der Waals surface area contributed by atoms with Crippen molar-refractivity contribution in [2.75, 3.05) is 26.0 Å². The highest BCUT2D eigenvalue weighted by atomic mass is 16.5. The summed E-state index contributed by atoms with van der Waals surface area (Å²) in [5.74, 6) is 0.0181. The number of nitrogens with one attached hydrogen (secondary N) is 1. The van der Waals surface area contributed by atoms with Crippen LogP contribution in [0.3, 0.4) is 0 Å². The maximum Gasteiger partial charge on any atom is 0.266 e. The number of hydrogen-bond acceptors (Lipinski definition) is 4. The molecular weight excluding hydrogens is 354 g/mol. The smallest absolute Gasteiger partial charge is 0.266 e. The van der Waals surface area contributed by atoms with Crippen LogP contribution in [-0.4, -0.2) is 37.4 Å². The minimum absolute atomic E-state index is 0.0341. The van der Waals surface area contributed by atoms with Gasteiger partial charge >= 0.3 is 0 Å². The number of ether oxygens (including phenoxy) is 1. The highest BCUT2D eigenvalue weighted by Gasteiger charge is 2.11. The molecule has 0 heterocycles. The van der Waals surface area contributed by atoms with Gasteiger partial charge in [-0.15, -0.1) is 0 Å². The highest BCUT2D eigenvalue weighted by molar-refractivity contribution is 6.09. The molecule has 6 heteroatoms. The third kappa shape index (κ3) is 5.58. The van der Waals surface area contributed by atoms with Crippen molar-refractivity contribution in [3.05, 3.63) is 77.9 Å². The SMILES string of the molecule is C=CCOc1ccc(/C=C(\C#N)C(=O)Nc2ccc(C(=O)N(C)C)cc2)cc1. The Kier molecular flexibility index (Phi) is 7.12. The number of carbonyl (C=O) groups excluding carboxylic acids is 2. The zero-order valence-corrected chi connectivity index (χ0v) is 15.8. The zero-order chi connectivity index (χ0) is 20.5. The molecule has 0 fully saturated rings. The quantitative estimate of drug-likeness (QED) is 0.456. The Morgan fingerprint density at radius 2 is 1.79 bits per heavy atom. The number of rotatable bonds is 7. The van der Waals surface area contributed by atoms with Crippen LogP contribution in [-0.2, 0) is 4.79 Å². The molecular formula is C22H21N3O3. The van der Waals surface area contributed by atoms with Gasteiger partial charge in [0.25, 0.3) is 11.8 Å². The number of carbonyl (C=O) groups is 2. The fourth-order valence-electron chi connectivity index (χ4n) is 2.28. The predicted molar refractivity (Wildman–Crippen MR) is 109 cm³/mol. The summed E-state index contributed by atoms with van der Waals surface area (Å²) in [5.41, 5.74) is 1.67.